The standard InChI is InChI=1S/C18H21N5O3S/c1-11-7-9-21(10-8-11)15(13-3-5-14(6-4-13)23(25)26)16-17(24)22-18(27-16)19-12(2)20-22/h3-6,11,15-16H,7-10H2,1-2H3. The zero-order chi connectivity index (χ0) is 19.1. The van der Waals surface area contributed by atoms with Gasteiger partial charge in [-0.05, 0) is 44.3 Å². The van der Waals surface area contributed by atoms with E-state index in [4.69, 9.17) is 0 Å². The molecule has 2 aliphatic heterocycles. The molecule has 0 aliphatic carbocycles. The van der Waals surface area contributed by atoms with Crippen LogP contribution in [-0.4, -0.2) is 48.8 Å². The molecular weight excluding hydrogens is 366 g/mol. The fourth-order valence-electron chi connectivity index (χ4n) is 3.78. The molecule has 1 aromatic carbocycles. The number of carbonyl (C=O) groups is 1. The molecule has 1 saturated heterocycles. The van der Waals surface area contributed by atoms with Crippen molar-refractivity contribution in [1.29, 1.82) is 0 Å². The van der Waals surface area contributed by atoms with Crippen LogP contribution in [0.1, 0.15) is 42.0 Å². The molecule has 0 radical (unpaired) electrons. The average Bonchev–Trinajstić information content (AvgIpc) is 3.15. The van der Waals surface area contributed by atoms with Gasteiger partial charge in [0.2, 0.25) is 0 Å². The number of non-ortho nitro benzene ring substituents is 1. The molecule has 1 aromatic heterocycles. The molecule has 27 heavy (non-hydrogen) atoms. The number of rotatable bonds is 4. The van der Waals surface area contributed by atoms with Crippen LogP contribution < -0.4 is 0 Å². The normalized spacial score (nSPS) is 22.0. The molecule has 0 bridgehead atoms. The molecule has 0 saturated carbocycles. The van der Waals surface area contributed by atoms with Crippen molar-refractivity contribution < 1.29 is 9.72 Å². The lowest BCUT2D eigenvalue weighted by atomic mass is 9.94. The van der Waals surface area contributed by atoms with Crippen molar-refractivity contribution in [3.63, 3.8) is 0 Å². The van der Waals surface area contributed by atoms with Gasteiger partial charge in [-0.15, -0.1) is 5.10 Å². The van der Waals surface area contributed by atoms with Gasteiger partial charge in [-0.25, -0.2) is 4.98 Å². The smallest absolute Gasteiger partial charge is 0.269 e. The lowest BCUT2D eigenvalue weighted by Crippen LogP contribution is -2.42. The van der Waals surface area contributed by atoms with E-state index in [1.165, 1.54) is 28.6 Å². The molecule has 3 heterocycles. The van der Waals surface area contributed by atoms with Gasteiger partial charge in [-0.1, -0.05) is 30.8 Å². The number of benzene rings is 1. The largest absolute Gasteiger partial charge is 0.295 e. The monoisotopic (exact) mass is 387 g/mol. The van der Waals surface area contributed by atoms with Gasteiger partial charge >= 0.3 is 0 Å². The number of nitro groups is 1. The summed E-state index contributed by atoms with van der Waals surface area (Å²) in [4.78, 5) is 30.3. The maximum atomic E-state index is 13.0. The van der Waals surface area contributed by atoms with Gasteiger partial charge in [0.1, 0.15) is 11.1 Å². The summed E-state index contributed by atoms with van der Waals surface area (Å²) in [6.07, 6.45) is 2.16. The molecular formula is C18H21N5O3S. The Morgan fingerprint density at radius 3 is 2.52 bits per heavy atom. The molecule has 1 fully saturated rings. The Kier molecular flexibility index (Phi) is 4.73. The minimum absolute atomic E-state index is 0.0559. The number of aryl methyl sites for hydroxylation is 1. The molecule has 9 heteroatoms. The van der Waals surface area contributed by atoms with E-state index in [-0.39, 0.29) is 22.9 Å². The minimum Gasteiger partial charge on any atom is -0.295 e. The molecule has 2 aliphatic rings. The van der Waals surface area contributed by atoms with Crippen LogP contribution >= 0.6 is 11.8 Å². The van der Waals surface area contributed by atoms with Crippen molar-refractivity contribution in [3.8, 4) is 0 Å². The van der Waals surface area contributed by atoms with E-state index in [2.05, 4.69) is 21.9 Å². The van der Waals surface area contributed by atoms with Crippen LogP contribution in [0.2, 0.25) is 0 Å². The molecule has 2 atom stereocenters. The number of piperidine rings is 1. The van der Waals surface area contributed by atoms with E-state index in [9.17, 15) is 14.9 Å². The van der Waals surface area contributed by atoms with E-state index < -0.39 is 4.92 Å². The first kappa shape index (κ1) is 18.1. The van der Waals surface area contributed by atoms with Crippen LogP contribution in [0.25, 0.3) is 0 Å². The molecule has 0 N–H and O–H groups in total. The molecule has 2 aromatic rings. The SMILES string of the molecule is Cc1nc2n(n1)C(=O)C(C(c1ccc([N+](=O)[O-])cc1)N1CCC(C)CC1)S2. The highest BCUT2D eigenvalue weighted by Gasteiger charge is 2.43. The van der Waals surface area contributed by atoms with Gasteiger partial charge in [0.15, 0.2) is 5.16 Å². The lowest BCUT2D eigenvalue weighted by Gasteiger charge is -2.38. The van der Waals surface area contributed by atoms with Crippen LogP contribution in [0.3, 0.4) is 0 Å². The highest BCUT2D eigenvalue weighted by molar-refractivity contribution is 8.00. The average molecular weight is 387 g/mol. The highest BCUT2D eigenvalue weighted by atomic mass is 32.2. The number of aromatic nitrogens is 3. The number of nitrogens with zero attached hydrogens (tertiary/aromatic N) is 5. The Morgan fingerprint density at radius 2 is 1.93 bits per heavy atom. The second-order valence-corrected chi connectivity index (χ2v) is 8.35. The van der Waals surface area contributed by atoms with Gasteiger partial charge in [0, 0.05) is 12.1 Å². The Balaban J connectivity index is 1.67. The van der Waals surface area contributed by atoms with Gasteiger partial charge in [0.25, 0.3) is 11.6 Å². The zero-order valence-corrected chi connectivity index (χ0v) is 16.1. The van der Waals surface area contributed by atoms with Crippen LogP contribution in [0.4, 0.5) is 5.69 Å². The zero-order valence-electron chi connectivity index (χ0n) is 15.2. The van der Waals surface area contributed by atoms with Gasteiger partial charge in [0.05, 0.1) is 11.0 Å². The molecule has 142 valence electrons. The molecule has 2 unspecified atom stereocenters. The van der Waals surface area contributed by atoms with Crippen LogP contribution in [-0.2, 0) is 0 Å². The Labute approximate surface area is 161 Å². The highest BCUT2D eigenvalue weighted by Crippen LogP contribution is 2.42. The summed E-state index contributed by atoms with van der Waals surface area (Å²) < 4.78 is 1.40. The second kappa shape index (κ2) is 7.05. The summed E-state index contributed by atoms with van der Waals surface area (Å²) in [6.45, 7) is 5.83. The van der Waals surface area contributed by atoms with E-state index in [0.717, 1.165) is 31.5 Å². The molecule has 8 nitrogen and oxygen atoms in total. The van der Waals surface area contributed by atoms with E-state index >= 15 is 0 Å². The first-order valence-electron chi connectivity index (χ1n) is 9.07. The number of hydrogen-bond donors (Lipinski definition) is 0. The minimum atomic E-state index is -0.404. The van der Waals surface area contributed by atoms with Gasteiger partial charge < -0.3 is 0 Å². The van der Waals surface area contributed by atoms with Crippen molar-refractivity contribution in [2.45, 2.75) is 43.1 Å². The van der Waals surface area contributed by atoms with Crippen molar-refractivity contribution in [2.75, 3.05) is 13.1 Å². The summed E-state index contributed by atoms with van der Waals surface area (Å²) in [5.41, 5.74) is 0.976. The maximum Gasteiger partial charge on any atom is 0.269 e. The first-order valence-corrected chi connectivity index (χ1v) is 9.95. The van der Waals surface area contributed by atoms with Crippen molar-refractivity contribution >= 4 is 23.4 Å². The van der Waals surface area contributed by atoms with Gasteiger partial charge in [-0.3, -0.25) is 19.8 Å². The number of likely N-dealkylation sites (tertiary alicyclic amines) is 1. The third-order valence-corrected chi connectivity index (χ3v) is 6.50. The summed E-state index contributed by atoms with van der Waals surface area (Å²) in [5, 5.41) is 15.5. The Morgan fingerprint density at radius 1 is 1.26 bits per heavy atom. The topological polar surface area (TPSA) is 94.2 Å². The first-order chi connectivity index (χ1) is 12.9. The predicted molar refractivity (Wildman–Crippen MR) is 101 cm³/mol. The van der Waals surface area contributed by atoms with Crippen molar-refractivity contribution in [3.05, 3.63) is 45.8 Å². The number of hydrogen-bond acceptors (Lipinski definition) is 7. The summed E-state index contributed by atoms with van der Waals surface area (Å²) in [7, 11) is 0. The number of carbonyl (C=O) groups excluding carboxylic acids is 1. The Hall–Kier alpha value is -2.26. The van der Waals surface area contributed by atoms with Crippen molar-refractivity contribution in [1.82, 2.24) is 19.7 Å². The van der Waals surface area contributed by atoms with E-state index in [1.54, 1.807) is 19.1 Å². The van der Waals surface area contributed by atoms with Gasteiger partial charge in [-0.2, -0.15) is 4.68 Å². The van der Waals surface area contributed by atoms with Crippen LogP contribution in [0.15, 0.2) is 29.4 Å². The fraction of sp³-hybridized carbons (Fsp3) is 0.500. The van der Waals surface area contributed by atoms with Crippen LogP contribution in [0, 0.1) is 23.0 Å². The fourth-order valence-corrected chi connectivity index (χ4v) is 5.08. The molecule has 4 rings (SSSR count). The lowest BCUT2D eigenvalue weighted by molar-refractivity contribution is -0.384. The third-order valence-electron chi connectivity index (χ3n) is 5.31. The Bertz CT molecular complexity index is 874. The number of fused-ring (bicyclic) bond motifs is 1. The summed E-state index contributed by atoms with van der Waals surface area (Å²) >= 11 is 1.44. The summed E-state index contributed by atoms with van der Waals surface area (Å²) in [5.74, 6) is 1.19. The van der Waals surface area contributed by atoms with E-state index in [1.807, 2.05) is 0 Å². The van der Waals surface area contributed by atoms with Crippen molar-refractivity contribution in [2.24, 2.45) is 5.92 Å². The third kappa shape index (κ3) is 3.37. The second-order valence-electron chi connectivity index (χ2n) is 7.24. The molecule has 0 spiro atoms. The quantitative estimate of drug-likeness (QED) is 0.588. The molecule has 0 amide bonds. The van der Waals surface area contributed by atoms with Crippen LogP contribution in [0.5, 0.6) is 0 Å². The predicted octanol–water partition coefficient (Wildman–Crippen LogP) is 3.08. The van der Waals surface area contributed by atoms with E-state index in [0.29, 0.717) is 16.9 Å². The number of thioether (sulfide) groups is 1. The summed E-state index contributed by atoms with van der Waals surface area (Å²) in [6, 6.07) is 6.42. The number of nitro benzene ring substituents is 1. The maximum absolute atomic E-state index is 13.0.